The highest BCUT2D eigenvalue weighted by molar-refractivity contribution is 7.44. The number of allylic oxidation sites excluding steroid dienone is 6. The molecule has 15 rings (SSSR count). The highest BCUT2D eigenvalue weighted by atomic mass is 35.5. The first-order valence-electron chi connectivity index (χ1n) is 41.5. The number of ketones is 2. The number of Topliss-reactive ketones (excluding diaryl/α,β-unsaturated/α-hetero) is 2. The van der Waals surface area contributed by atoms with Crippen LogP contribution in [0.25, 0.3) is 110 Å². The number of unbranched alkanes of at least 4 members (excludes halogenated alkanes) is 22. The molecule has 4 aliphatic rings. The van der Waals surface area contributed by atoms with Crippen molar-refractivity contribution in [1.82, 2.24) is 0 Å². The van der Waals surface area contributed by atoms with E-state index in [0.717, 1.165) is 150 Å². The number of thiophene rings is 8. The van der Waals surface area contributed by atoms with Gasteiger partial charge in [-0.2, -0.15) is 0 Å². The zero-order valence-corrected chi connectivity index (χ0v) is 75.4. The van der Waals surface area contributed by atoms with Crippen molar-refractivity contribution in [2.75, 3.05) is 13.2 Å². The molecule has 8 aromatic heterocycles. The molecule has 4 aliphatic carbocycles. The minimum Gasteiger partial charge on any atom is -0.491 e. The molecule has 20 heteroatoms. The molecule has 11 aromatic rings. The molecule has 0 fully saturated rings. The largest absolute Gasteiger partial charge is 0.491 e. The number of rotatable bonds is 38. The van der Waals surface area contributed by atoms with E-state index in [2.05, 4.69) is 75.5 Å². The molecule has 0 saturated carbocycles. The Hall–Kier alpha value is -6.16. The Bertz CT molecular complexity index is 5520. The smallest absolute Gasteiger partial charge is 0.270 e. The van der Waals surface area contributed by atoms with Gasteiger partial charge in [-0.3, -0.25) is 9.59 Å². The van der Waals surface area contributed by atoms with Crippen LogP contribution in [0, 0.1) is 35.8 Å². The number of hydrogen-bond acceptors (Lipinski definition) is 14. The highest BCUT2D eigenvalue weighted by Gasteiger charge is 2.50. The standard InChI is InChI=1S/C94H94Cl4N4O4S8/c1-9-15-21-27-29-35-41-105-77-71-82(110-89-83(71)111-87-73-85(113-91(87)89)79-61(93(73,37-31-23-17-11-3)38-32-24-18-12-4)45-53(107-79)43-59-69(67(51-99)101-7)55-47-63(95)65(97)49-57(55)75(59)103)78(106-42-36-30-28-22-16-10-2)72-81(77)109-90-84(72)112-88-74-86(114-92(88)90)80-62(94(74,39-33-25-19-13-5)40-34-26-20-14-6)46-54(108-80)44-60-70(68(52-100)102-8)56-48-64(96)66(98)50-58(56)76(60)104/h43-50H,9-42H2,1-6H3/b59-43-,60-44-,69-67+,70-68?. The Morgan fingerprint density at radius 1 is 0.386 bits per heavy atom. The van der Waals surface area contributed by atoms with Gasteiger partial charge in [-0.15, -0.1) is 90.7 Å². The summed E-state index contributed by atoms with van der Waals surface area (Å²) in [5.41, 5.74) is 7.59. The average Bonchev–Trinajstić information content (AvgIpc) is 1.51. The van der Waals surface area contributed by atoms with E-state index in [0.29, 0.717) is 57.8 Å². The molecule has 0 N–H and O–H groups in total. The topological polar surface area (TPSA) is 109 Å². The van der Waals surface area contributed by atoms with Gasteiger partial charge in [0.25, 0.3) is 11.4 Å². The lowest BCUT2D eigenvalue weighted by molar-refractivity contribution is 0.103. The molecule has 0 atom stereocenters. The maximum atomic E-state index is 14.7. The van der Waals surface area contributed by atoms with Crippen LogP contribution in [0.3, 0.4) is 0 Å². The molecule has 0 unspecified atom stereocenters. The maximum Gasteiger partial charge on any atom is 0.270 e. The summed E-state index contributed by atoms with van der Waals surface area (Å²) in [5.74, 6) is 1.44. The van der Waals surface area contributed by atoms with Gasteiger partial charge in [-0.1, -0.05) is 255 Å². The predicted molar refractivity (Wildman–Crippen MR) is 496 cm³/mol. The normalized spacial score (nSPS) is 16.0. The van der Waals surface area contributed by atoms with Crippen LogP contribution in [0.15, 0.2) is 58.9 Å². The van der Waals surface area contributed by atoms with E-state index < -0.39 is 0 Å². The van der Waals surface area contributed by atoms with Crippen LogP contribution >= 0.6 is 137 Å². The van der Waals surface area contributed by atoms with E-state index in [1.807, 2.05) is 80.2 Å². The van der Waals surface area contributed by atoms with Gasteiger partial charge in [0.2, 0.25) is 0 Å². The van der Waals surface area contributed by atoms with Crippen molar-refractivity contribution in [2.45, 2.75) is 258 Å². The molecular weight excluding hydrogens is 1650 g/mol. The van der Waals surface area contributed by atoms with Crippen molar-refractivity contribution < 1.29 is 19.1 Å². The van der Waals surface area contributed by atoms with Gasteiger partial charge < -0.3 is 9.47 Å². The molecule has 3 aromatic carbocycles. The molecule has 0 saturated heterocycles. The molecule has 8 nitrogen and oxygen atoms in total. The van der Waals surface area contributed by atoms with Gasteiger partial charge in [-0.05, 0) is 109 Å². The summed E-state index contributed by atoms with van der Waals surface area (Å²) in [4.78, 5) is 43.8. The minimum atomic E-state index is -0.295. The Morgan fingerprint density at radius 2 is 0.693 bits per heavy atom. The fourth-order valence-electron chi connectivity index (χ4n) is 18.4. The summed E-state index contributed by atoms with van der Waals surface area (Å²) < 4.78 is 28.1. The zero-order chi connectivity index (χ0) is 79.7. The summed E-state index contributed by atoms with van der Waals surface area (Å²) in [5, 5.41) is 24.3. The van der Waals surface area contributed by atoms with Crippen molar-refractivity contribution in [2.24, 2.45) is 0 Å². The van der Waals surface area contributed by atoms with Crippen molar-refractivity contribution >= 4 is 230 Å². The van der Waals surface area contributed by atoms with E-state index in [-0.39, 0.29) is 53.9 Å². The molecule has 0 radical (unpaired) electrons. The van der Waals surface area contributed by atoms with E-state index in [4.69, 9.17) is 69.0 Å². The molecule has 590 valence electrons. The Kier molecular flexibility index (Phi) is 26.3. The first kappa shape index (κ1) is 82.9. The van der Waals surface area contributed by atoms with Crippen LogP contribution < -0.4 is 9.47 Å². The van der Waals surface area contributed by atoms with Crippen LogP contribution in [-0.2, 0) is 10.8 Å². The van der Waals surface area contributed by atoms with Gasteiger partial charge in [-0.25, -0.2) is 20.2 Å². The van der Waals surface area contributed by atoms with Crippen LogP contribution in [0.5, 0.6) is 11.5 Å². The number of benzene rings is 3. The second-order valence-electron chi connectivity index (χ2n) is 31.4. The van der Waals surface area contributed by atoms with Gasteiger partial charge in [0.05, 0.1) is 126 Å². The summed E-state index contributed by atoms with van der Waals surface area (Å²) in [6, 6.07) is 15.4. The molecular formula is C94H94Cl4N4O4S8. The average molecular weight is 1740 g/mol. The van der Waals surface area contributed by atoms with E-state index in [1.165, 1.54) is 177 Å². The summed E-state index contributed by atoms with van der Waals surface area (Å²) >= 11 is 41.6. The lowest BCUT2D eigenvalue weighted by Crippen LogP contribution is -2.25. The summed E-state index contributed by atoms with van der Waals surface area (Å²) in [6.45, 7) is 31.2. The fourth-order valence-corrected chi connectivity index (χ4v) is 31.1. The molecule has 0 spiro atoms. The Morgan fingerprint density at radius 3 is 1.03 bits per heavy atom. The van der Waals surface area contributed by atoms with Gasteiger partial charge in [0, 0.05) is 74.9 Å². The van der Waals surface area contributed by atoms with Crippen molar-refractivity contribution in [3.05, 3.63) is 156 Å². The van der Waals surface area contributed by atoms with Crippen LogP contribution in [0.1, 0.15) is 311 Å². The Labute approximate surface area is 722 Å². The maximum absolute atomic E-state index is 14.7. The fraction of sp³-hybridized carbons (Fsp3) is 0.447. The van der Waals surface area contributed by atoms with Crippen molar-refractivity contribution in [3.8, 4) is 43.1 Å². The van der Waals surface area contributed by atoms with E-state index in [9.17, 15) is 20.1 Å². The van der Waals surface area contributed by atoms with Crippen LogP contribution in [0.4, 0.5) is 0 Å². The molecule has 114 heavy (non-hydrogen) atoms. The first-order chi connectivity index (χ1) is 55.6. The van der Waals surface area contributed by atoms with Crippen molar-refractivity contribution in [3.63, 3.8) is 0 Å². The lowest BCUT2D eigenvalue weighted by Gasteiger charge is -2.32. The number of fused-ring (bicyclic) bond motifs is 20. The molecule has 8 heterocycles. The number of nitrogens with zero attached hydrogens (tertiary/aromatic N) is 4. The SMILES string of the molecule is [C-]#[N+]C(C#N)=C1/C(=C/c2cc3c(s2)-c2sc4c(sc5c4sc4c(OCCCCCCCC)c6c(sc7c8sc9c(c8sc76)C(CCCCCC)(CCCCCC)c6cc(/C=C7\C(=O)c8cc(Cl)c(Cl)cc8\C7=C(\C#N)[N+]#[C-])sc6-9)c(OCCCCCCCC)c45)c2C3(CCCCCC)CCCCCC)C(=O)c2cc(Cl)c(Cl)cc21. The zero-order valence-electron chi connectivity index (χ0n) is 65.9. The number of carbonyl (C=O) groups excluding carboxylic acids is 2. The minimum absolute atomic E-state index is 0.150. The first-order valence-corrected chi connectivity index (χ1v) is 49.6. The van der Waals surface area contributed by atoms with E-state index in [1.54, 1.807) is 46.9 Å². The van der Waals surface area contributed by atoms with Crippen molar-refractivity contribution in [1.29, 1.82) is 10.5 Å². The molecule has 0 aliphatic heterocycles. The van der Waals surface area contributed by atoms with Gasteiger partial charge in [0.15, 0.2) is 11.6 Å². The third-order valence-corrected chi connectivity index (χ3v) is 36.0. The number of nitriles is 2. The van der Waals surface area contributed by atoms with Crippen LogP contribution in [-0.4, -0.2) is 24.8 Å². The monoisotopic (exact) mass is 1740 g/mol. The van der Waals surface area contributed by atoms with E-state index >= 15 is 0 Å². The molecule has 0 bridgehead atoms. The van der Waals surface area contributed by atoms with Crippen LogP contribution in [0.2, 0.25) is 20.1 Å². The third kappa shape index (κ3) is 14.9. The third-order valence-electron chi connectivity index (χ3n) is 24.0. The summed E-state index contributed by atoms with van der Waals surface area (Å²) in [7, 11) is 0. The second-order valence-corrected chi connectivity index (χ2v) is 41.4. The second kappa shape index (κ2) is 36.2. The number of ether oxygens (including phenoxy) is 2. The molecule has 0 amide bonds. The highest BCUT2D eigenvalue weighted by Crippen LogP contribution is 2.69. The Balaban J connectivity index is 0.947. The predicted octanol–water partition coefficient (Wildman–Crippen LogP) is 34.5. The number of carbonyl (C=O) groups is 2. The summed E-state index contributed by atoms with van der Waals surface area (Å²) in [6.07, 6.45) is 39.8. The van der Waals surface area contributed by atoms with Gasteiger partial charge >= 0.3 is 0 Å². The number of halogens is 4. The quantitative estimate of drug-likeness (QED) is 0.0165. The van der Waals surface area contributed by atoms with Gasteiger partial charge in [0.1, 0.15) is 11.5 Å². The lowest BCUT2D eigenvalue weighted by atomic mass is 9.71. The number of hydrogen-bond donors (Lipinski definition) is 0.